The van der Waals surface area contributed by atoms with Crippen LogP contribution in [0.25, 0.3) is 0 Å². The number of carbonyl (C=O) groups is 1. The third kappa shape index (κ3) is 2.91. The third-order valence-corrected chi connectivity index (χ3v) is 4.16. The maximum absolute atomic E-state index is 13.0. The van der Waals surface area contributed by atoms with Crippen molar-refractivity contribution in [2.24, 2.45) is 0 Å². The van der Waals surface area contributed by atoms with Gasteiger partial charge in [-0.25, -0.2) is 4.98 Å². The van der Waals surface area contributed by atoms with Gasteiger partial charge in [0.2, 0.25) is 11.8 Å². The molecule has 0 unspecified atom stereocenters. The smallest absolute Gasteiger partial charge is 0.259 e. The SMILES string of the molecule is CCc1nc([C@@H]2CCCN2C(=O)c2ccc(OC)nc2OC)n[nH]1. The van der Waals surface area contributed by atoms with Crippen LogP contribution in [-0.4, -0.2) is 51.7 Å². The molecule has 2 aromatic rings. The van der Waals surface area contributed by atoms with Gasteiger partial charge in [-0.15, -0.1) is 0 Å². The van der Waals surface area contributed by atoms with E-state index in [1.807, 2.05) is 6.92 Å². The molecule has 1 fully saturated rings. The summed E-state index contributed by atoms with van der Waals surface area (Å²) in [4.78, 5) is 23.4. The lowest BCUT2D eigenvalue weighted by atomic mass is 10.2. The second-order valence-corrected chi connectivity index (χ2v) is 5.56. The molecule has 0 aromatic carbocycles. The van der Waals surface area contributed by atoms with Gasteiger partial charge in [0.15, 0.2) is 5.82 Å². The number of H-pyrrole nitrogens is 1. The summed E-state index contributed by atoms with van der Waals surface area (Å²) >= 11 is 0. The quantitative estimate of drug-likeness (QED) is 0.897. The molecule has 1 amide bonds. The molecule has 0 bridgehead atoms. The molecule has 3 rings (SSSR count). The van der Waals surface area contributed by atoms with Crippen LogP contribution in [-0.2, 0) is 6.42 Å². The monoisotopic (exact) mass is 331 g/mol. The average Bonchev–Trinajstić information content (AvgIpc) is 3.28. The van der Waals surface area contributed by atoms with E-state index in [2.05, 4.69) is 20.2 Å². The van der Waals surface area contributed by atoms with Crippen molar-refractivity contribution in [3.8, 4) is 11.8 Å². The summed E-state index contributed by atoms with van der Waals surface area (Å²) in [6.07, 6.45) is 2.54. The lowest BCUT2D eigenvalue weighted by Crippen LogP contribution is -2.31. The van der Waals surface area contributed by atoms with Crippen molar-refractivity contribution in [1.29, 1.82) is 0 Å². The topological polar surface area (TPSA) is 93.2 Å². The highest BCUT2D eigenvalue weighted by Gasteiger charge is 2.34. The molecular formula is C16H21N5O3. The number of rotatable bonds is 5. The van der Waals surface area contributed by atoms with Crippen LogP contribution in [0.5, 0.6) is 11.8 Å². The summed E-state index contributed by atoms with van der Waals surface area (Å²) in [5, 5.41) is 7.18. The zero-order valence-corrected chi connectivity index (χ0v) is 14.1. The Bertz CT molecular complexity index is 730. The maximum Gasteiger partial charge on any atom is 0.259 e. The fourth-order valence-corrected chi connectivity index (χ4v) is 2.91. The lowest BCUT2D eigenvalue weighted by molar-refractivity contribution is 0.0725. The number of aryl methyl sites for hydroxylation is 1. The molecule has 24 heavy (non-hydrogen) atoms. The summed E-state index contributed by atoms with van der Waals surface area (Å²) in [7, 11) is 3.01. The Morgan fingerprint density at radius 1 is 1.33 bits per heavy atom. The minimum absolute atomic E-state index is 0.124. The number of ether oxygens (including phenoxy) is 2. The normalized spacial score (nSPS) is 17.1. The Morgan fingerprint density at radius 2 is 2.17 bits per heavy atom. The highest BCUT2D eigenvalue weighted by atomic mass is 16.5. The highest BCUT2D eigenvalue weighted by molar-refractivity contribution is 5.96. The first-order valence-electron chi connectivity index (χ1n) is 7.99. The molecule has 1 aliphatic rings. The van der Waals surface area contributed by atoms with Crippen LogP contribution in [0, 0.1) is 0 Å². The highest BCUT2D eigenvalue weighted by Crippen LogP contribution is 2.33. The molecule has 3 heterocycles. The zero-order chi connectivity index (χ0) is 17.1. The van der Waals surface area contributed by atoms with Gasteiger partial charge in [0, 0.05) is 19.0 Å². The fraction of sp³-hybridized carbons (Fsp3) is 0.500. The van der Waals surface area contributed by atoms with E-state index in [4.69, 9.17) is 9.47 Å². The van der Waals surface area contributed by atoms with Gasteiger partial charge in [0.25, 0.3) is 5.91 Å². The van der Waals surface area contributed by atoms with E-state index >= 15 is 0 Å². The number of methoxy groups -OCH3 is 2. The number of amides is 1. The minimum Gasteiger partial charge on any atom is -0.481 e. The van der Waals surface area contributed by atoms with Crippen molar-refractivity contribution < 1.29 is 14.3 Å². The Morgan fingerprint density at radius 3 is 2.83 bits per heavy atom. The maximum atomic E-state index is 13.0. The predicted octanol–water partition coefficient (Wildman–Crippen LogP) is 1.76. The van der Waals surface area contributed by atoms with Crippen molar-refractivity contribution in [3.63, 3.8) is 0 Å². The van der Waals surface area contributed by atoms with Gasteiger partial charge in [-0.1, -0.05) is 6.92 Å². The van der Waals surface area contributed by atoms with Crippen LogP contribution in [0.3, 0.4) is 0 Å². The number of hydrogen-bond acceptors (Lipinski definition) is 6. The van der Waals surface area contributed by atoms with E-state index in [0.29, 0.717) is 23.8 Å². The molecule has 0 aliphatic carbocycles. The summed E-state index contributed by atoms with van der Waals surface area (Å²) in [5.74, 6) is 2.02. The van der Waals surface area contributed by atoms with Crippen molar-refractivity contribution in [3.05, 3.63) is 29.3 Å². The molecule has 1 atom stereocenters. The summed E-state index contributed by atoms with van der Waals surface area (Å²) in [6, 6.07) is 3.21. The number of likely N-dealkylation sites (tertiary alicyclic amines) is 1. The molecular weight excluding hydrogens is 310 g/mol. The molecule has 0 saturated carbocycles. The second-order valence-electron chi connectivity index (χ2n) is 5.56. The first-order chi connectivity index (χ1) is 11.7. The van der Waals surface area contributed by atoms with Crippen molar-refractivity contribution >= 4 is 5.91 Å². The van der Waals surface area contributed by atoms with E-state index in [9.17, 15) is 4.79 Å². The van der Waals surface area contributed by atoms with E-state index in [0.717, 1.165) is 25.1 Å². The van der Waals surface area contributed by atoms with Crippen molar-refractivity contribution in [1.82, 2.24) is 25.1 Å². The van der Waals surface area contributed by atoms with Gasteiger partial charge in [-0.05, 0) is 18.9 Å². The number of nitrogens with zero attached hydrogens (tertiary/aromatic N) is 4. The van der Waals surface area contributed by atoms with Crippen molar-refractivity contribution in [2.45, 2.75) is 32.2 Å². The van der Waals surface area contributed by atoms with E-state index in [1.165, 1.54) is 14.2 Å². The first-order valence-corrected chi connectivity index (χ1v) is 7.99. The number of aromatic amines is 1. The second kappa shape index (κ2) is 6.86. The molecule has 1 aliphatic heterocycles. The van der Waals surface area contributed by atoms with Gasteiger partial charge in [0.1, 0.15) is 11.4 Å². The average molecular weight is 331 g/mol. The van der Waals surface area contributed by atoms with Crippen molar-refractivity contribution in [2.75, 3.05) is 20.8 Å². The van der Waals surface area contributed by atoms with E-state index < -0.39 is 0 Å². The summed E-state index contributed by atoms with van der Waals surface area (Å²) < 4.78 is 10.3. The number of hydrogen-bond donors (Lipinski definition) is 1. The number of carbonyl (C=O) groups excluding carboxylic acids is 1. The van der Waals surface area contributed by atoms with Crippen LogP contribution in [0.4, 0.5) is 0 Å². The standard InChI is InChI=1S/C16H21N5O3/c1-4-12-17-14(20-19-12)11-6-5-9-21(11)16(22)10-7-8-13(23-2)18-15(10)24-3/h7-8,11H,4-6,9H2,1-3H3,(H,17,19,20)/t11-/m0/s1. The van der Waals surface area contributed by atoms with Crippen LogP contribution < -0.4 is 9.47 Å². The minimum atomic E-state index is -0.132. The first kappa shape index (κ1) is 16.2. The number of pyridine rings is 1. The molecule has 128 valence electrons. The van der Waals surface area contributed by atoms with Crippen LogP contribution in [0.2, 0.25) is 0 Å². The largest absolute Gasteiger partial charge is 0.481 e. The molecule has 8 heteroatoms. The van der Waals surface area contributed by atoms with Gasteiger partial charge in [0.05, 0.1) is 20.3 Å². The molecule has 8 nitrogen and oxygen atoms in total. The molecule has 0 radical (unpaired) electrons. The van der Waals surface area contributed by atoms with Crippen LogP contribution >= 0.6 is 0 Å². The molecule has 1 saturated heterocycles. The van der Waals surface area contributed by atoms with E-state index in [-0.39, 0.29) is 17.8 Å². The van der Waals surface area contributed by atoms with Gasteiger partial charge in [-0.3, -0.25) is 9.89 Å². The Balaban J connectivity index is 1.88. The zero-order valence-electron chi connectivity index (χ0n) is 14.1. The molecule has 0 spiro atoms. The van der Waals surface area contributed by atoms with Crippen LogP contribution in [0.15, 0.2) is 12.1 Å². The predicted molar refractivity (Wildman–Crippen MR) is 86.1 cm³/mol. The number of aromatic nitrogens is 4. The Kier molecular flexibility index (Phi) is 4.64. The van der Waals surface area contributed by atoms with E-state index in [1.54, 1.807) is 17.0 Å². The molecule has 1 N–H and O–H groups in total. The lowest BCUT2D eigenvalue weighted by Gasteiger charge is -2.23. The molecule has 2 aromatic heterocycles. The Hall–Kier alpha value is -2.64. The van der Waals surface area contributed by atoms with Gasteiger partial charge < -0.3 is 14.4 Å². The van der Waals surface area contributed by atoms with Gasteiger partial charge in [-0.2, -0.15) is 10.1 Å². The third-order valence-electron chi connectivity index (χ3n) is 4.16. The van der Waals surface area contributed by atoms with Crippen LogP contribution in [0.1, 0.15) is 47.8 Å². The summed E-state index contributed by atoms with van der Waals surface area (Å²) in [6.45, 7) is 2.67. The fourth-order valence-electron chi connectivity index (χ4n) is 2.91. The Labute approximate surface area is 140 Å². The number of nitrogens with one attached hydrogen (secondary N) is 1. The van der Waals surface area contributed by atoms with Gasteiger partial charge >= 0.3 is 0 Å². The summed E-state index contributed by atoms with van der Waals surface area (Å²) in [5.41, 5.74) is 0.413.